The average molecular weight is 400 g/mol. The molecule has 7 nitrogen and oxygen atoms in total. The van der Waals surface area contributed by atoms with E-state index in [-0.39, 0.29) is 34.5 Å². The zero-order valence-electron chi connectivity index (χ0n) is 17.5. The number of anilines is 1. The second-order valence-corrected chi connectivity index (χ2v) is 8.46. The van der Waals surface area contributed by atoms with Crippen molar-refractivity contribution < 1.29 is 24.1 Å². The number of rotatable bonds is 5. The highest BCUT2D eigenvalue weighted by molar-refractivity contribution is 6.05. The number of amides is 1. The van der Waals surface area contributed by atoms with E-state index in [4.69, 9.17) is 14.2 Å². The minimum Gasteiger partial charge on any atom is -0.503 e. The maximum absolute atomic E-state index is 12.5. The minimum atomic E-state index is -0.535. The standard InChI is InChI=1S/C22H28N2O5/c1-21(2)12-16(13-22(3,4)29-21)28-15-8-6-7-14(11-15)24-20(26)18-19(25)17(27-5)9-10-23-18/h6-11,16,25H,12-13H2,1-5H3,(H,24,26). The van der Waals surface area contributed by atoms with Crippen molar-refractivity contribution in [2.45, 2.75) is 57.8 Å². The molecule has 7 heteroatoms. The summed E-state index contributed by atoms with van der Waals surface area (Å²) in [7, 11) is 1.41. The van der Waals surface area contributed by atoms with Crippen molar-refractivity contribution in [3.05, 3.63) is 42.2 Å². The number of aromatic hydroxyl groups is 1. The molecule has 0 unspecified atom stereocenters. The first-order chi connectivity index (χ1) is 13.6. The van der Waals surface area contributed by atoms with Crippen molar-refractivity contribution in [2.24, 2.45) is 0 Å². The average Bonchev–Trinajstić information content (AvgIpc) is 2.59. The predicted molar refractivity (Wildman–Crippen MR) is 110 cm³/mol. The molecule has 0 bridgehead atoms. The molecule has 0 saturated carbocycles. The molecule has 29 heavy (non-hydrogen) atoms. The highest BCUT2D eigenvalue weighted by Crippen LogP contribution is 2.37. The molecule has 1 amide bonds. The summed E-state index contributed by atoms with van der Waals surface area (Å²) in [5, 5.41) is 12.9. The second-order valence-electron chi connectivity index (χ2n) is 8.46. The SMILES string of the molecule is COc1ccnc(C(=O)Nc2cccc(OC3CC(C)(C)OC(C)(C)C3)c2)c1O. The Morgan fingerprint density at radius 1 is 1.21 bits per heavy atom. The van der Waals surface area contributed by atoms with Gasteiger partial charge in [-0.3, -0.25) is 4.79 Å². The molecular weight excluding hydrogens is 372 g/mol. The Hall–Kier alpha value is -2.80. The Kier molecular flexibility index (Phi) is 5.71. The summed E-state index contributed by atoms with van der Waals surface area (Å²) < 4.78 is 17.3. The Labute approximate surface area is 171 Å². The van der Waals surface area contributed by atoms with Gasteiger partial charge in [-0.2, -0.15) is 0 Å². The molecule has 3 rings (SSSR count). The number of benzene rings is 1. The third kappa shape index (κ3) is 5.17. The van der Waals surface area contributed by atoms with Gasteiger partial charge in [0.05, 0.1) is 18.3 Å². The van der Waals surface area contributed by atoms with Crippen molar-refractivity contribution >= 4 is 11.6 Å². The van der Waals surface area contributed by atoms with Crippen LogP contribution in [0.2, 0.25) is 0 Å². The van der Waals surface area contributed by atoms with Crippen LogP contribution in [0.4, 0.5) is 5.69 Å². The topological polar surface area (TPSA) is 89.9 Å². The van der Waals surface area contributed by atoms with Crippen molar-refractivity contribution in [1.29, 1.82) is 0 Å². The molecule has 0 spiro atoms. The van der Waals surface area contributed by atoms with Gasteiger partial charge in [0, 0.05) is 36.9 Å². The Bertz CT molecular complexity index is 879. The van der Waals surface area contributed by atoms with Gasteiger partial charge in [0.15, 0.2) is 17.2 Å². The van der Waals surface area contributed by atoms with Gasteiger partial charge in [-0.25, -0.2) is 4.98 Å². The molecular formula is C22H28N2O5. The summed E-state index contributed by atoms with van der Waals surface area (Å²) in [6.45, 7) is 8.26. The van der Waals surface area contributed by atoms with Crippen molar-refractivity contribution in [1.82, 2.24) is 4.98 Å². The number of nitrogens with zero attached hydrogens (tertiary/aromatic N) is 1. The number of carbonyl (C=O) groups excluding carboxylic acids is 1. The van der Waals surface area contributed by atoms with Crippen molar-refractivity contribution in [2.75, 3.05) is 12.4 Å². The number of pyridine rings is 1. The van der Waals surface area contributed by atoms with Gasteiger partial charge in [0.2, 0.25) is 0 Å². The van der Waals surface area contributed by atoms with Gasteiger partial charge in [0.1, 0.15) is 11.9 Å². The van der Waals surface area contributed by atoms with Crippen LogP contribution < -0.4 is 14.8 Å². The van der Waals surface area contributed by atoms with Crippen LogP contribution in [-0.4, -0.2) is 40.4 Å². The van der Waals surface area contributed by atoms with Gasteiger partial charge in [-0.15, -0.1) is 0 Å². The van der Waals surface area contributed by atoms with Crippen LogP contribution >= 0.6 is 0 Å². The Balaban J connectivity index is 1.72. The molecule has 1 fully saturated rings. The molecule has 2 aromatic rings. The van der Waals surface area contributed by atoms with Crippen LogP contribution in [0.5, 0.6) is 17.2 Å². The monoisotopic (exact) mass is 400 g/mol. The van der Waals surface area contributed by atoms with E-state index < -0.39 is 5.91 Å². The quantitative estimate of drug-likeness (QED) is 0.783. The number of carbonyl (C=O) groups is 1. The Morgan fingerprint density at radius 2 is 1.90 bits per heavy atom. The highest BCUT2D eigenvalue weighted by atomic mass is 16.5. The summed E-state index contributed by atoms with van der Waals surface area (Å²) in [5.74, 6) is 0.00885. The largest absolute Gasteiger partial charge is 0.503 e. The fourth-order valence-corrected chi connectivity index (χ4v) is 3.88. The summed E-state index contributed by atoms with van der Waals surface area (Å²) in [5.41, 5.74) is -0.104. The molecule has 2 heterocycles. The fraction of sp³-hybridized carbons (Fsp3) is 0.455. The summed E-state index contributed by atoms with van der Waals surface area (Å²) in [6.07, 6.45) is 2.95. The number of hydrogen-bond acceptors (Lipinski definition) is 6. The lowest BCUT2D eigenvalue weighted by atomic mass is 9.87. The van der Waals surface area contributed by atoms with E-state index in [2.05, 4.69) is 38.0 Å². The summed E-state index contributed by atoms with van der Waals surface area (Å²) >= 11 is 0. The van der Waals surface area contributed by atoms with Crippen LogP contribution in [-0.2, 0) is 4.74 Å². The van der Waals surface area contributed by atoms with E-state index >= 15 is 0 Å². The predicted octanol–water partition coefficient (Wildman–Crippen LogP) is 4.16. The molecule has 1 aromatic heterocycles. The van der Waals surface area contributed by atoms with E-state index in [0.717, 1.165) is 12.8 Å². The van der Waals surface area contributed by atoms with Crippen LogP contribution in [0.25, 0.3) is 0 Å². The maximum Gasteiger partial charge on any atom is 0.278 e. The zero-order valence-corrected chi connectivity index (χ0v) is 17.5. The van der Waals surface area contributed by atoms with E-state index in [1.807, 2.05) is 6.07 Å². The molecule has 1 aliphatic rings. The van der Waals surface area contributed by atoms with Crippen LogP contribution in [0.1, 0.15) is 51.0 Å². The van der Waals surface area contributed by atoms with Gasteiger partial charge in [-0.1, -0.05) is 6.07 Å². The van der Waals surface area contributed by atoms with E-state index in [0.29, 0.717) is 11.4 Å². The molecule has 1 aromatic carbocycles. The lowest BCUT2D eigenvalue weighted by Crippen LogP contribution is -2.49. The van der Waals surface area contributed by atoms with E-state index in [9.17, 15) is 9.90 Å². The summed E-state index contributed by atoms with van der Waals surface area (Å²) in [4.78, 5) is 16.5. The van der Waals surface area contributed by atoms with Gasteiger partial charge >= 0.3 is 0 Å². The first kappa shape index (κ1) is 20.9. The van der Waals surface area contributed by atoms with Crippen LogP contribution in [0, 0.1) is 0 Å². The molecule has 1 saturated heterocycles. The maximum atomic E-state index is 12.5. The third-order valence-electron chi connectivity index (χ3n) is 4.71. The summed E-state index contributed by atoms with van der Waals surface area (Å²) in [6, 6.07) is 8.65. The van der Waals surface area contributed by atoms with Crippen molar-refractivity contribution in [3.63, 3.8) is 0 Å². The third-order valence-corrected chi connectivity index (χ3v) is 4.71. The number of hydrogen-bond donors (Lipinski definition) is 2. The number of ether oxygens (including phenoxy) is 3. The minimum absolute atomic E-state index is 0.00352. The van der Waals surface area contributed by atoms with Crippen LogP contribution in [0.15, 0.2) is 36.5 Å². The normalized spacial score (nSPS) is 18.1. The molecule has 0 radical (unpaired) electrons. The van der Waals surface area contributed by atoms with Gasteiger partial charge in [0.25, 0.3) is 5.91 Å². The number of nitrogens with one attached hydrogen (secondary N) is 1. The second kappa shape index (κ2) is 7.91. The molecule has 0 aliphatic carbocycles. The van der Waals surface area contributed by atoms with Crippen molar-refractivity contribution in [3.8, 4) is 17.2 Å². The smallest absolute Gasteiger partial charge is 0.278 e. The zero-order chi connectivity index (χ0) is 21.2. The first-order valence-electron chi connectivity index (χ1n) is 9.59. The molecule has 1 aliphatic heterocycles. The lowest BCUT2D eigenvalue weighted by Gasteiger charge is -2.45. The lowest BCUT2D eigenvalue weighted by molar-refractivity contribution is -0.182. The van der Waals surface area contributed by atoms with E-state index in [1.165, 1.54) is 19.4 Å². The van der Waals surface area contributed by atoms with E-state index in [1.54, 1.807) is 18.2 Å². The first-order valence-corrected chi connectivity index (χ1v) is 9.59. The number of methoxy groups -OCH3 is 1. The highest BCUT2D eigenvalue weighted by Gasteiger charge is 2.40. The number of aromatic nitrogens is 1. The molecule has 2 N–H and O–H groups in total. The van der Waals surface area contributed by atoms with Crippen LogP contribution in [0.3, 0.4) is 0 Å². The fourth-order valence-electron chi connectivity index (χ4n) is 3.88. The molecule has 156 valence electrons. The molecule has 0 atom stereocenters. The Morgan fingerprint density at radius 3 is 2.55 bits per heavy atom. The van der Waals surface area contributed by atoms with Gasteiger partial charge in [-0.05, 0) is 39.8 Å². The van der Waals surface area contributed by atoms with Gasteiger partial charge < -0.3 is 24.6 Å².